The molecule has 0 fully saturated rings. The Labute approximate surface area is 82.2 Å². The highest BCUT2D eigenvalue weighted by molar-refractivity contribution is 5.35. The number of rotatable bonds is 1. The summed E-state index contributed by atoms with van der Waals surface area (Å²) < 4.78 is 5.34. The van der Waals surface area contributed by atoms with Crippen LogP contribution < -0.4 is 4.74 Å². The second-order valence-corrected chi connectivity index (χ2v) is 3.59. The van der Waals surface area contributed by atoms with Crippen LogP contribution in [0.25, 0.3) is 0 Å². The van der Waals surface area contributed by atoms with Gasteiger partial charge in [-0.05, 0) is 19.1 Å². The maximum Gasteiger partial charge on any atom is 0.143 e. The minimum atomic E-state index is -1.24. The number of aliphatic hydroxyl groups is 2. The molecule has 76 valence electrons. The monoisotopic (exact) mass is 195 g/mol. The Balaban J connectivity index is 2.52. The number of aryl methyl sites for hydroxylation is 1. The molecule has 0 radical (unpaired) electrons. The number of hydrogen-bond acceptors (Lipinski definition) is 4. The van der Waals surface area contributed by atoms with Crippen molar-refractivity contribution in [1.29, 1.82) is 0 Å². The van der Waals surface area contributed by atoms with Crippen molar-refractivity contribution in [3.8, 4) is 5.75 Å². The van der Waals surface area contributed by atoms with Crippen LogP contribution in [0.4, 0.5) is 0 Å². The Morgan fingerprint density at radius 2 is 2.36 bits per heavy atom. The number of aliphatic hydroxyl groups excluding tert-OH is 1. The van der Waals surface area contributed by atoms with E-state index in [9.17, 15) is 5.11 Å². The van der Waals surface area contributed by atoms with Crippen LogP contribution in [0.2, 0.25) is 0 Å². The van der Waals surface area contributed by atoms with Gasteiger partial charge in [0, 0.05) is 12.1 Å². The number of aromatic nitrogens is 1. The third-order valence-electron chi connectivity index (χ3n) is 2.47. The lowest BCUT2D eigenvalue weighted by atomic mass is 9.93. The Morgan fingerprint density at radius 3 is 3.07 bits per heavy atom. The Bertz CT molecular complexity index is 353. The van der Waals surface area contributed by atoms with E-state index in [1.54, 1.807) is 6.07 Å². The van der Waals surface area contributed by atoms with Gasteiger partial charge in [-0.2, -0.15) is 0 Å². The molecular formula is C10H13NO3. The lowest BCUT2D eigenvalue weighted by Crippen LogP contribution is -2.37. The third kappa shape index (κ3) is 1.36. The fourth-order valence-corrected chi connectivity index (χ4v) is 1.60. The van der Waals surface area contributed by atoms with Gasteiger partial charge in [0.15, 0.2) is 0 Å². The van der Waals surface area contributed by atoms with E-state index in [0.717, 1.165) is 5.69 Å². The molecule has 0 bridgehead atoms. The van der Waals surface area contributed by atoms with E-state index in [1.807, 2.05) is 13.0 Å². The molecule has 4 nitrogen and oxygen atoms in total. The number of nitrogens with zero attached hydrogens (tertiary/aromatic N) is 1. The summed E-state index contributed by atoms with van der Waals surface area (Å²) >= 11 is 0. The molecule has 2 rings (SSSR count). The fraction of sp³-hybridized carbons (Fsp3) is 0.500. The van der Waals surface area contributed by atoms with E-state index >= 15 is 0 Å². The zero-order chi connectivity index (χ0) is 10.2. The molecule has 1 aromatic rings. The smallest absolute Gasteiger partial charge is 0.143 e. The molecule has 0 spiro atoms. The first kappa shape index (κ1) is 9.43. The van der Waals surface area contributed by atoms with Crippen molar-refractivity contribution in [3.05, 3.63) is 23.5 Å². The predicted molar refractivity (Wildman–Crippen MR) is 50.1 cm³/mol. The fourth-order valence-electron chi connectivity index (χ4n) is 1.60. The van der Waals surface area contributed by atoms with Gasteiger partial charge in [0.25, 0.3) is 0 Å². The molecule has 1 unspecified atom stereocenters. The van der Waals surface area contributed by atoms with E-state index < -0.39 is 5.60 Å². The number of pyridine rings is 1. The molecule has 2 heterocycles. The average molecular weight is 195 g/mol. The van der Waals surface area contributed by atoms with E-state index in [1.165, 1.54) is 0 Å². The summed E-state index contributed by atoms with van der Waals surface area (Å²) in [6.07, 6.45) is 0.382. The minimum Gasteiger partial charge on any atom is -0.491 e. The van der Waals surface area contributed by atoms with Crippen LogP contribution in [0, 0.1) is 6.92 Å². The highest BCUT2D eigenvalue weighted by Gasteiger charge is 2.36. The van der Waals surface area contributed by atoms with Crippen LogP contribution in [0.15, 0.2) is 12.1 Å². The van der Waals surface area contributed by atoms with Gasteiger partial charge in [-0.1, -0.05) is 0 Å². The first-order valence-electron chi connectivity index (χ1n) is 4.60. The second kappa shape index (κ2) is 3.22. The van der Waals surface area contributed by atoms with Crippen molar-refractivity contribution in [2.75, 3.05) is 13.2 Å². The molecule has 14 heavy (non-hydrogen) atoms. The van der Waals surface area contributed by atoms with Crippen LogP contribution in [-0.2, 0) is 5.60 Å². The highest BCUT2D eigenvalue weighted by atomic mass is 16.5. The normalized spacial score (nSPS) is 25.4. The highest BCUT2D eigenvalue weighted by Crippen LogP contribution is 2.34. The largest absolute Gasteiger partial charge is 0.491 e. The van der Waals surface area contributed by atoms with Crippen molar-refractivity contribution < 1.29 is 14.9 Å². The summed E-state index contributed by atoms with van der Waals surface area (Å²) in [4.78, 5) is 4.20. The molecule has 2 N–H and O–H groups in total. The van der Waals surface area contributed by atoms with Crippen LogP contribution in [0.3, 0.4) is 0 Å². The lowest BCUT2D eigenvalue weighted by Gasteiger charge is -2.31. The van der Waals surface area contributed by atoms with E-state index in [2.05, 4.69) is 4.98 Å². The number of ether oxygens (including phenoxy) is 1. The summed E-state index contributed by atoms with van der Waals surface area (Å²) in [5.74, 6) is 0.568. The van der Waals surface area contributed by atoms with Gasteiger partial charge in [0.1, 0.15) is 17.0 Å². The van der Waals surface area contributed by atoms with Gasteiger partial charge in [-0.3, -0.25) is 4.98 Å². The van der Waals surface area contributed by atoms with Crippen LogP contribution in [-0.4, -0.2) is 28.4 Å². The number of fused-ring (bicyclic) bond motifs is 1. The Morgan fingerprint density at radius 1 is 1.57 bits per heavy atom. The van der Waals surface area contributed by atoms with Crippen molar-refractivity contribution in [2.45, 2.75) is 18.9 Å². The van der Waals surface area contributed by atoms with Gasteiger partial charge in [-0.15, -0.1) is 0 Å². The molecule has 0 saturated carbocycles. The summed E-state index contributed by atoms with van der Waals surface area (Å²) in [5.41, 5.74) is 0.0203. The quantitative estimate of drug-likeness (QED) is 0.679. The maximum absolute atomic E-state index is 10.1. The summed E-state index contributed by atoms with van der Waals surface area (Å²) in [6, 6.07) is 3.60. The molecule has 1 aromatic heterocycles. The van der Waals surface area contributed by atoms with Gasteiger partial charge >= 0.3 is 0 Å². The van der Waals surface area contributed by atoms with Crippen molar-refractivity contribution in [3.63, 3.8) is 0 Å². The first-order chi connectivity index (χ1) is 6.65. The SMILES string of the molecule is Cc1ccc2c(n1)C(O)(CO)CCO2. The molecule has 0 amide bonds. The zero-order valence-corrected chi connectivity index (χ0v) is 8.03. The summed E-state index contributed by atoms with van der Waals surface area (Å²) in [7, 11) is 0. The predicted octanol–water partition coefficient (Wildman–Crippen LogP) is 0.352. The molecule has 0 saturated heterocycles. The summed E-state index contributed by atoms with van der Waals surface area (Å²) in [6.45, 7) is 1.93. The minimum absolute atomic E-state index is 0.320. The van der Waals surface area contributed by atoms with Gasteiger partial charge in [0.05, 0.1) is 13.2 Å². The number of hydrogen-bond donors (Lipinski definition) is 2. The van der Waals surface area contributed by atoms with Gasteiger partial charge in [-0.25, -0.2) is 0 Å². The molecular weight excluding hydrogens is 182 g/mol. The zero-order valence-electron chi connectivity index (χ0n) is 8.03. The van der Waals surface area contributed by atoms with Crippen LogP contribution in [0.1, 0.15) is 17.8 Å². The molecule has 1 aliphatic heterocycles. The lowest BCUT2D eigenvalue weighted by molar-refractivity contribution is -0.0514. The van der Waals surface area contributed by atoms with E-state index in [4.69, 9.17) is 9.84 Å². The molecule has 0 aliphatic carbocycles. The summed E-state index contributed by atoms with van der Waals surface area (Å²) in [5, 5.41) is 19.2. The first-order valence-corrected chi connectivity index (χ1v) is 4.60. The third-order valence-corrected chi connectivity index (χ3v) is 2.47. The van der Waals surface area contributed by atoms with Crippen molar-refractivity contribution in [1.82, 2.24) is 4.98 Å². The maximum atomic E-state index is 10.1. The molecule has 0 aromatic carbocycles. The van der Waals surface area contributed by atoms with Crippen molar-refractivity contribution in [2.24, 2.45) is 0 Å². The second-order valence-electron chi connectivity index (χ2n) is 3.59. The van der Waals surface area contributed by atoms with Gasteiger partial charge < -0.3 is 14.9 Å². The van der Waals surface area contributed by atoms with Crippen molar-refractivity contribution >= 4 is 0 Å². The topological polar surface area (TPSA) is 62.6 Å². The van der Waals surface area contributed by atoms with Crippen LogP contribution in [0.5, 0.6) is 5.75 Å². The average Bonchev–Trinajstić information content (AvgIpc) is 2.20. The van der Waals surface area contributed by atoms with Crippen LogP contribution >= 0.6 is 0 Å². The van der Waals surface area contributed by atoms with E-state index in [-0.39, 0.29) is 6.61 Å². The van der Waals surface area contributed by atoms with Gasteiger partial charge in [0.2, 0.25) is 0 Å². The molecule has 1 atom stereocenters. The molecule has 1 aliphatic rings. The standard InChI is InChI=1S/C10H13NO3/c1-7-2-3-8-9(11-7)10(13,6-12)4-5-14-8/h2-3,12-13H,4-6H2,1H3. The van der Waals surface area contributed by atoms with E-state index in [0.29, 0.717) is 24.5 Å². The Hall–Kier alpha value is -1.13. The molecule has 4 heteroatoms. The Kier molecular flexibility index (Phi) is 2.17.